The maximum absolute atomic E-state index is 13.4. The van der Waals surface area contributed by atoms with E-state index in [0.717, 1.165) is 24.9 Å². The van der Waals surface area contributed by atoms with E-state index < -0.39 is 0 Å². The fourth-order valence-corrected chi connectivity index (χ4v) is 1.81. The second kappa shape index (κ2) is 4.45. The molecule has 0 aliphatic carbocycles. The summed E-state index contributed by atoms with van der Waals surface area (Å²) in [6.45, 7) is 1.62. The number of hydrogen-bond acceptors (Lipinski definition) is 1. The smallest absolute Gasteiger partial charge is 0.132 e. The van der Waals surface area contributed by atoms with Crippen LogP contribution in [0, 0.1) is 5.82 Å². The van der Waals surface area contributed by atoms with Gasteiger partial charge in [-0.3, -0.25) is 0 Å². The number of aromatic nitrogens is 1. The second-order valence-electron chi connectivity index (χ2n) is 3.68. The number of nitrogens with two attached hydrogens (primary N) is 1. The number of aryl methyl sites for hydroxylation is 1. The maximum atomic E-state index is 13.4. The number of nitrogens with zero attached hydrogens (tertiary/aromatic N) is 1. The van der Waals surface area contributed by atoms with Gasteiger partial charge in [0, 0.05) is 18.1 Å². The molecule has 2 rings (SSSR count). The Bertz CT molecular complexity index is 448. The molecule has 0 saturated heterocycles. The van der Waals surface area contributed by atoms with Gasteiger partial charge in [0.15, 0.2) is 0 Å². The van der Waals surface area contributed by atoms with Gasteiger partial charge in [0.05, 0.1) is 5.52 Å². The molecule has 80 valence electrons. The summed E-state index contributed by atoms with van der Waals surface area (Å²) in [5.74, 6) is -0.148. The van der Waals surface area contributed by atoms with Gasteiger partial charge in [0.1, 0.15) is 5.82 Å². The van der Waals surface area contributed by atoms with Crippen LogP contribution < -0.4 is 5.73 Å². The van der Waals surface area contributed by atoms with Crippen molar-refractivity contribution in [1.82, 2.24) is 4.57 Å². The Morgan fingerprint density at radius 2 is 2.07 bits per heavy atom. The first-order valence-electron chi connectivity index (χ1n) is 5.26. The zero-order valence-corrected chi connectivity index (χ0v) is 8.62. The van der Waals surface area contributed by atoms with E-state index in [4.69, 9.17) is 5.73 Å². The van der Waals surface area contributed by atoms with Crippen molar-refractivity contribution < 1.29 is 4.39 Å². The van der Waals surface area contributed by atoms with Crippen molar-refractivity contribution in [2.75, 3.05) is 6.54 Å². The van der Waals surface area contributed by atoms with Crippen molar-refractivity contribution in [3.05, 3.63) is 36.3 Å². The van der Waals surface area contributed by atoms with Crippen LogP contribution in [0.5, 0.6) is 0 Å². The lowest BCUT2D eigenvalue weighted by molar-refractivity contribution is 0.627. The first kappa shape index (κ1) is 10.2. The predicted molar refractivity (Wildman–Crippen MR) is 60.2 cm³/mol. The highest BCUT2D eigenvalue weighted by Gasteiger charge is 2.03. The van der Waals surface area contributed by atoms with Crippen molar-refractivity contribution >= 4 is 10.9 Å². The summed E-state index contributed by atoms with van der Waals surface area (Å²) < 4.78 is 15.4. The molecule has 0 fully saturated rings. The Balaban J connectivity index is 2.25. The predicted octanol–water partition coefficient (Wildman–Crippen LogP) is 2.52. The molecule has 1 aromatic heterocycles. The summed E-state index contributed by atoms with van der Waals surface area (Å²) in [4.78, 5) is 0. The topological polar surface area (TPSA) is 30.9 Å². The molecule has 0 atom stereocenters. The van der Waals surface area contributed by atoms with Crippen molar-refractivity contribution in [2.24, 2.45) is 5.73 Å². The van der Waals surface area contributed by atoms with Gasteiger partial charge in [0.25, 0.3) is 0 Å². The Morgan fingerprint density at radius 1 is 1.20 bits per heavy atom. The Morgan fingerprint density at radius 3 is 2.87 bits per heavy atom. The van der Waals surface area contributed by atoms with Gasteiger partial charge in [0.2, 0.25) is 0 Å². The summed E-state index contributed by atoms with van der Waals surface area (Å²) in [6.07, 6.45) is 3.98. The van der Waals surface area contributed by atoms with Crippen LogP contribution in [0.2, 0.25) is 0 Å². The average Bonchev–Trinajstić information content (AvgIpc) is 2.64. The van der Waals surface area contributed by atoms with Gasteiger partial charge in [-0.1, -0.05) is 6.07 Å². The van der Waals surface area contributed by atoms with E-state index >= 15 is 0 Å². The lowest BCUT2D eigenvalue weighted by Crippen LogP contribution is -2.02. The van der Waals surface area contributed by atoms with E-state index in [1.807, 2.05) is 18.3 Å². The molecule has 0 bridgehead atoms. The van der Waals surface area contributed by atoms with Gasteiger partial charge in [-0.15, -0.1) is 0 Å². The van der Waals surface area contributed by atoms with Crippen molar-refractivity contribution in [1.29, 1.82) is 0 Å². The van der Waals surface area contributed by atoms with Gasteiger partial charge in [-0.05, 0) is 37.6 Å². The minimum absolute atomic E-state index is 0.148. The van der Waals surface area contributed by atoms with Gasteiger partial charge < -0.3 is 10.3 Å². The van der Waals surface area contributed by atoms with Crippen LogP contribution in [0.4, 0.5) is 4.39 Å². The van der Waals surface area contributed by atoms with Crippen LogP contribution in [0.15, 0.2) is 30.5 Å². The van der Waals surface area contributed by atoms with Crippen LogP contribution in [-0.2, 0) is 6.54 Å². The van der Waals surface area contributed by atoms with E-state index in [-0.39, 0.29) is 5.82 Å². The molecule has 0 unspecified atom stereocenters. The lowest BCUT2D eigenvalue weighted by Gasteiger charge is -2.04. The molecule has 0 aliphatic rings. The largest absolute Gasteiger partial charge is 0.347 e. The molecular weight excluding hydrogens is 191 g/mol. The van der Waals surface area contributed by atoms with E-state index in [1.54, 1.807) is 6.07 Å². The minimum atomic E-state index is -0.148. The first-order chi connectivity index (χ1) is 7.33. The zero-order chi connectivity index (χ0) is 10.7. The van der Waals surface area contributed by atoms with Crippen molar-refractivity contribution in [2.45, 2.75) is 19.4 Å². The molecule has 2 aromatic rings. The normalized spacial score (nSPS) is 11.1. The Kier molecular flexibility index (Phi) is 3.02. The third-order valence-electron chi connectivity index (χ3n) is 2.61. The Hall–Kier alpha value is -1.35. The molecule has 2 nitrogen and oxygen atoms in total. The number of halogens is 1. The monoisotopic (exact) mass is 206 g/mol. The minimum Gasteiger partial charge on any atom is -0.347 e. The molecule has 0 spiro atoms. The molecule has 1 aromatic carbocycles. The fourth-order valence-electron chi connectivity index (χ4n) is 1.81. The molecule has 2 N–H and O–H groups in total. The molecular formula is C12H15FN2. The maximum Gasteiger partial charge on any atom is 0.132 e. The second-order valence-corrected chi connectivity index (χ2v) is 3.68. The highest BCUT2D eigenvalue weighted by atomic mass is 19.1. The average molecular weight is 206 g/mol. The van der Waals surface area contributed by atoms with E-state index in [0.29, 0.717) is 11.9 Å². The third kappa shape index (κ3) is 2.02. The zero-order valence-electron chi connectivity index (χ0n) is 8.62. The van der Waals surface area contributed by atoms with Crippen LogP contribution in [0.3, 0.4) is 0 Å². The SMILES string of the molecule is NCCCCn1ccc2c(F)cccc21. The number of fused-ring (bicyclic) bond motifs is 1. The standard InChI is InChI=1S/C12H15FN2/c13-11-4-3-5-12-10(11)6-9-15(12)8-2-1-7-14/h3-6,9H,1-2,7-8,14H2. The van der Waals surface area contributed by atoms with Gasteiger partial charge >= 0.3 is 0 Å². The molecule has 0 saturated carbocycles. The van der Waals surface area contributed by atoms with Crippen LogP contribution in [0.1, 0.15) is 12.8 Å². The summed E-state index contributed by atoms with van der Waals surface area (Å²) in [5, 5.41) is 0.699. The van der Waals surface area contributed by atoms with Crippen LogP contribution in [-0.4, -0.2) is 11.1 Å². The number of rotatable bonds is 4. The molecule has 3 heteroatoms. The van der Waals surface area contributed by atoms with Crippen LogP contribution in [0.25, 0.3) is 10.9 Å². The summed E-state index contributed by atoms with van der Waals surface area (Å²) in [6, 6.07) is 7.01. The first-order valence-corrected chi connectivity index (χ1v) is 5.26. The number of benzene rings is 1. The number of unbranched alkanes of at least 4 members (excludes halogenated alkanes) is 1. The third-order valence-corrected chi connectivity index (χ3v) is 2.61. The molecule has 0 radical (unpaired) electrons. The Labute approximate surface area is 88.5 Å². The summed E-state index contributed by atoms with van der Waals surface area (Å²) in [5.41, 5.74) is 6.40. The van der Waals surface area contributed by atoms with Crippen molar-refractivity contribution in [3.63, 3.8) is 0 Å². The van der Waals surface area contributed by atoms with Gasteiger partial charge in [-0.2, -0.15) is 0 Å². The van der Waals surface area contributed by atoms with E-state index in [2.05, 4.69) is 4.57 Å². The molecule has 0 aliphatic heterocycles. The van der Waals surface area contributed by atoms with Gasteiger partial charge in [-0.25, -0.2) is 4.39 Å². The van der Waals surface area contributed by atoms with Crippen LogP contribution >= 0.6 is 0 Å². The highest BCUT2D eigenvalue weighted by molar-refractivity contribution is 5.80. The molecule has 0 amide bonds. The fraction of sp³-hybridized carbons (Fsp3) is 0.333. The lowest BCUT2D eigenvalue weighted by atomic mass is 10.2. The van der Waals surface area contributed by atoms with E-state index in [9.17, 15) is 4.39 Å². The molecule has 1 heterocycles. The van der Waals surface area contributed by atoms with Crippen molar-refractivity contribution in [3.8, 4) is 0 Å². The van der Waals surface area contributed by atoms with E-state index in [1.165, 1.54) is 6.07 Å². The summed E-state index contributed by atoms with van der Waals surface area (Å²) >= 11 is 0. The quantitative estimate of drug-likeness (QED) is 0.766. The number of hydrogen-bond donors (Lipinski definition) is 1. The molecule has 15 heavy (non-hydrogen) atoms. The summed E-state index contributed by atoms with van der Waals surface area (Å²) in [7, 11) is 0. The highest BCUT2D eigenvalue weighted by Crippen LogP contribution is 2.19.